The number of imidazole rings is 1. The summed E-state index contributed by atoms with van der Waals surface area (Å²) in [6.07, 6.45) is 4.13. The van der Waals surface area contributed by atoms with E-state index in [1.54, 1.807) is 12.1 Å². The number of esters is 1. The third-order valence-electron chi connectivity index (χ3n) is 7.72. The maximum absolute atomic E-state index is 13.5. The highest BCUT2D eigenvalue weighted by molar-refractivity contribution is 6.76. The molecule has 0 amide bonds. The van der Waals surface area contributed by atoms with Gasteiger partial charge in [-0.1, -0.05) is 33.0 Å². The summed E-state index contributed by atoms with van der Waals surface area (Å²) in [5.41, 5.74) is 1.05. The van der Waals surface area contributed by atoms with Crippen molar-refractivity contribution in [2.24, 2.45) is 5.92 Å². The number of carbonyl (C=O) groups is 1. The average Bonchev–Trinajstić information content (AvgIpc) is 3.41. The second-order valence-corrected chi connectivity index (χ2v) is 18.4. The summed E-state index contributed by atoms with van der Waals surface area (Å²) in [7, 11) is -1.33. The van der Waals surface area contributed by atoms with Gasteiger partial charge in [-0.25, -0.2) is 4.98 Å². The lowest BCUT2D eigenvalue weighted by atomic mass is 9.85. The summed E-state index contributed by atoms with van der Waals surface area (Å²) in [5, 5.41) is 0. The van der Waals surface area contributed by atoms with E-state index in [0.717, 1.165) is 62.1 Å². The van der Waals surface area contributed by atoms with Crippen LogP contribution in [0.1, 0.15) is 57.6 Å². The van der Waals surface area contributed by atoms with Crippen molar-refractivity contribution >= 4 is 14.0 Å². The molecule has 1 aliphatic rings. The molecule has 2 aromatic heterocycles. The molecule has 7 nitrogen and oxygen atoms in total. The normalized spacial score (nSPS) is 17.4. The number of hydrogen-bond acceptors (Lipinski definition) is 6. The molecule has 0 saturated heterocycles. The Hall–Kier alpha value is -3.18. The number of rotatable bonds is 14. The summed E-state index contributed by atoms with van der Waals surface area (Å²) in [4.78, 5) is 20.5. The zero-order valence-electron chi connectivity index (χ0n) is 26.2. The Labute approximate surface area is 259 Å². The second kappa shape index (κ2) is 15.2. The van der Waals surface area contributed by atoms with Crippen LogP contribution >= 0.6 is 0 Å². The van der Waals surface area contributed by atoms with Crippen LogP contribution in [0.5, 0.6) is 5.75 Å². The van der Waals surface area contributed by atoms with Crippen molar-refractivity contribution in [3.8, 4) is 28.4 Å². The molecule has 4 rings (SSSR count). The Morgan fingerprint density at radius 1 is 1.05 bits per heavy atom. The van der Waals surface area contributed by atoms with Crippen LogP contribution in [0.25, 0.3) is 22.6 Å². The molecule has 1 aliphatic carbocycles. The number of aromatic nitrogens is 3. The first-order valence-electron chi connectivity index (χ1n) is 15.5. The number of alkyl halides is 3. The zero-order valence-corrected chi connectivity index (χ0v) is 27.2. The second-order valence-electron chi connectivity index (χ2n) is 12.8. The number of ether oxygens (including phenoxy) is 3. The van der Waals surface area contributed by atoms with Crippen LogP contribution < -0.4 is 4.74 Å². The molecule has 0 spiro atoms. The number of nitrogens with zero attached hydrogens (tertiary/aromatic N) is 3. The Kier molecular flexibility index (Phi) is 11.6. The lowest BCUT2D eigenvalue weighted by molar-refractivity contribution is -0.145. The number of carbonyl (C=O) groups excluding carboxylic acids is 1. The highest BCUT2D eigenvalue weighted by Gasteiger charge is 2.35. The Morgan fingerprint density at radius 3 is 2.45 bits per heavy atom. The van der Waals surface area contributed by atoms with Gasteiger partial charge in [-0.3, -0.25) is 9.78 Å². The van der Waals surface area contributed by atoms with Crippen LogP contribution in [0.3, 0.4) is 0 Å². The molecule has 2 atom stereocenters. The Bertz CT molecular complexity index is 1340. The molecule has 0 unspecified atom stereocenters. The minimum atomic E-state index is -4.56. The van der Waals surface area contributed by atoms with Crippen molar-refractivity contribution in [2.45, 2.75) is 96.6 Å². The first kappa shape index (κ1) is 33.7. The predicted molar refractivity (Wildman–Crippen MR) is 167 cm³/mol. The van der Waals surface area contributed by atoms with Crippen molar-refractivity contribution in [3.05, 3.63) is 54.5 Å². The third kappa shape index (κ3) is 10.2. The lowest BCUT2D eigenvalue weighted by Crippen LogP contribution is -2.27. The summed E-state index contributed by atoms with van der Waals surface area (Å²) in [5.74, 6) is 1.05. The zero-order chi connectivity index (χ0) is 31.7. The summed E-state index contributed by atoms with van der Waals surface area (Å²) in [6, 6.07) is 12.0. The van der Waals surface area contributed by atoms with Gasteiger partial charge < -0.3 is 18.8 Å². The van der Waals surface area contributed by atoms with E-state index in [9.17, 15) is 18.0 Å². The fraction of sp³-hybridized carbons (Fsp3) is 0.545. The topological polar surface area (TPSA) is 75.5 Å². The van der Waals surface area contributed by atoms with E-state index in [-0.39, 0.29) is 30.5 Å². The van der Waals surface area contributed by atoms with Gasteiger partial charge in [-0.15, -0.1) is 0 Å². The molecule has 44 heavy (non-hydrogen) atoms. The van der Waals surface area contributed by atoms with Gasteiger partial charge in [0, 0.05) is 44.6 Å². The molecule has 240 valence electrons. The van der Waals surface area contributed by atoms with Crippen LogP contribution in [-0.2, 0) is 27.2 Å². The molecular formula is C33H44F3N3O4Si. The SMILES string of the molecule is CCCCOC(=O)C[C@@H]1CCC[C@@H](Oc2ccc(-c3ccc(-c4nc(C(F)(F)F)cn4COCC[Si](C)(C)C)cn3)cc2)C1. The summed E-state index contributed by atoms with van der Waals surface area (Å²) >= 11 is 0. The van der Waals surface area contributed by atoms with Crippen LogP contribution in [0.2, 0.25) is 25.7 Å². The highest BCUT2D eigenvalue weighted by Crippen LogP contribution is 2.33. The molecule has 11 heteroatoms. The number of hydrogen-bond donors (Lipinski definition) is 0. The standard InChI is InChI=1S/C33H44F3N3O4Si/c1-5-6-16-42-31(40)20-24-8-7-9-28(19-24)43-27-13-10-25(11-14-27)29-15-12-26(21-37-29)32-38-30(33(34,35)36)22-39(32)23-41-17-18-44(2,3)4/h10-15,21-22,24,28H,5-9,16-20,23H2,1-4H3/t24-,28-/m1/s1. The van der Waals surface area contributed by atoms with Crippen molar-refractivity contribution in [1.29, 1.82) is 0 Å². The van der Waals surface area contributed by atoms with E-state index >= 15 is 0 Å². The molecule has 0 bridgehead atoms. The molecular weight excluding hydrogens is 587 g/mol. The van der Waals surface area contributed by atoms with E-state index in [1.165, 1.54) is 10.8 Å². The lowest BCUT2D eigenvalue weighted by Gasteiger charge is -2.29. The number of benzene rings is 1. The van der Waals surface area contributed by atoms with Crippen LogP contribution in [0, 0.1) is 5.92 Å². The first-order valence-corrected chi connectivity index (χ1v) is 19.2. The van der Waals surface area contributed by atoms with E-state index < -0.39 is 19.9 Å². The fourth-order valence-corrected chi connectivity index (χ4v) is 5.93. The minimum Gasteiger partial charge on any atom is -0.490 e. The van der Waals surface area contributed by atoms with E-state index in [2.05, 4.69) is 36.5 Å². The van der Waals surface area contributed by atoms with Crippen molar-refractivity contribution < 1.29 is 32.2 Å². The van der Waals surface area contributed by atoms with Gasteiger partial charge in [-0.05, 0) is 80.5 Å². The smallest absolute Gasteiger partial charge is 0.434 e. The van der Waals surface area contributed by atoms with Gasteiger partial charge in [0.1, 0.15) is 18.3 Å². The van der Waals surface area contributed by atoms with Crippen LogP contribution in [-0.4, -0.2) is 47.9 Å². The largest absolute Gasteiger partial charge is 0.490 e. The third-order valence-corrected chi connectivity index (χ3v) is 9.42. The summed E-state index contributed by atoms with van der Waals surface area (Å²) < 4.78 is 59.1. The molecule has 0 aliphatic heterocycles. The monoisotopic (exact) mass is 631 g/mol. The number of pyridine rings is 1. The molecule has 1 saturated carbocycles. The quantitative estimate of drug-likeness (QED) is 0.101. The van der Waals surface area contributed by atoms with Crippen molar-refractivity contribution in [2.75, 3.05) is 13.2 Å². The molecule has 0 radical (unpaired) electrons. The van der Waals surface area contributed by atoms with Crippen molar-refractivity contribution in [3.63, 3.8) is 0 Å². The van der Waals surface area contributed by atoms with Crippen molar-refractivity contribution in [1.82, 2.24) is 14.5 Å². The van der Waals surface area contributed by atoms with Gasteiger partial charge >= 0.3 is 12.1 Å². The first-order chi connectivity index (χ1) is 20.9. The fourth-order valence-electron chi connectivity index (χ4n) is 5.18. The number of halogens is 3. The number of unbranched alkanes of at least 4 members (excludes halogenated alkanes) is 1. The predicted octanol–water partition coefficient (Wildman–Crippen LogP) is 8.61. The Morgan fingerprint density at radius 2 is 1.80 bits per heavy atom. The maximum atomic E-state index is 13.5. The molecule has 1 fully saturated rings. The molecule has 0 N–H and O–H groups in total. The van der Waals surface area contributed by atoms with Gasteiger partial charge in [-0.2, -0.15) is 13.2 Å². The van der Waals surface area contributed by atoms with Crippen LogP contribution in [0.4, 0.5) is 13.2 Å². The average molecular weight is 632 g/mol. The van der Waals surface area contributed by atoms with Gasteiger partial charge in [0.2, 0.25) is 0 Å². The molecule has 3 aromatic rings. The molecule has 1 aromatic carbocycles. The van der Waals surface area contributed by atoms with E-state index in [1.807, 2.05) is 24.3 Å². The van der Waals surface area contributed by atoms with E-state index in [4.69, 9.17) is 14.2 Å². The van der Waals surface area contributed by atoms with E-state index in [0.29, 0.717) is 30.9 Å². The van der Waals surface area contributed by atoms with Gasteiger partial charge in [0.15, 0.2) is 5.69 Å². The highest BCUT2D eigenvalue weighted by atomic mass is 28.3. The van der Waals surface area contributed by atoms with Gasteiger partial charge in [0.05, 0.1) is 18.4 Å². The van der Waals surface area contributed by atoms with Crippen LogP contribution in [0.15, 0.2) is 48.8 Å². The summed E-state index contributed by atoms with van der Waals surface area (Å²) in [6.45, 7) is 9.69. The molecule has 2 heterocycles. The maximum Gasteiger partial charge on any atom is 0.434 e. The van der Waals surface area contributed by atoms with Gasteiger partial charge in [0.25, 0.3) is 0 Å². The minimum absolute atomic E-state index is 0.0170. The Balaban J connectivity index is 1.37.